The number of nitrogens with one attached hydrogen (secondary N) is 1. The first-order chi connectivity index (χ1) is 10.1. The minimum absolute atomic E-state index is 0.190. The summed E-state index contributed by atoms with van der Waals surface area (Å²) >= 11 is 12.1. The molecule has 0 aromatic heterocycles. The molecular formula is C15H14Cl2N2O3. The number of nitrogens with zero attached hydrogens (tertiary/aromatic N) is 1. The first kappa shape index (κ1) is 16.5. The van der Waals surface area contributed by atoms with Gasteiger partial charge in [0.1, 0.15) is 5.57 Å². The highest BCUT2D eigenvalue weighted by atomic mass is 35.5. The number of halogens is 2. The number of hydrogen-bond donors (Lipinski definition) is 1. The maximum absolute atomic E-state index is 12.5. The van der Waals surface area contributed by atoms with E-state index in [1.54, 1.807) is 39.0 Å². The number of rotatable bonds is 1. The van der Waals surface area contributed by atoms with Gasteiger partial charge >= 0.3 is 6.03 Å². The molecule has 1 aromatic rings. The van der Waals surface area contributed by atoms with E-state index in [1.165, 1.54) is 6.08 Å². The van der Waals surface area contributed by atoms with Gasteiger partial charge in [-0.1, -0.05) is 29.3 Å². The number of urea groups is 1. The summed E-state index contributed by atoms with van der Waals surface area (Å²) in [4.78, 5) is 37.4. The molecule has 1 N–H and O–H groups in total. The van der Waals surface area contributed by atoms with Gasteiger partial charge in [-0.25, -0.2) is 4.79 Å². The summed E-state index contributed by atoms with van der Waals surface area (Å²) in [6.07, 6.45) is 1.30. The average Bonchev–Trinajstić information content (AvgIpc) is 2.35. The molecule has 7 heteroatoms. The quantitative estimate of drug-likeness (QED) is 0.630. The van der Waals surface area contributed by atoms with Crippen molar-refractivity contribution >= 4 is 47.1 Å². The van der Waals surface area contributed by atoms with Crippen molar-refractivity contribution in [1.82, 2.24) is 10.2 Å². The lowest BCUT2D eigenvalue weighted by Gasteiger charge is -2.36. The molecule has 1 aromatic carbocycles. The molecule has 1 fully saturated rings. The van der Waals surface area contributed by atoms with Crippen LogP contribution in [0.2, 0.25) is 10.0 Å². The summed E-state index contributed by atoms with van der Waals surface area (Å²) < 4.78 is 0. The summed E-state index contributed by atoms with van der Waals surface area (Å²) in [5.74, 6) is -1.45. The topological polar surface area (TPSA) is 66.5 Å². The van der Waals surface area contributed by atoms with E-state index < -0.39 is 23.4 Å². The van der Waals surface area contributed by atoms with E-state index in [1.807, 2.05) is 0 Å². The predicted molar refractivity (Wildman–Crippen MR) is 84.6 cm³/mol. The van der Waals surface area contributed by atoms with Crippen molar-refractivity contribution in [3.05, 3.63) is 39.4 Å². The summed E-state index contributed by atoms with van der Waals surface area (Å²) in [6, 6.07) is 4.10. The van der Waals surface area contributed by atoms with Crippen LogP contribution in [-0.4, -0.2) is 28.3 Å². The summed E-state index contributed by atoms with van der Waals surface area (Å²) in [5, 5.41) is 2.76. The van der Waals surface area contributed by atoms with E-state index in [9.17, 15) is 14.4 Å². The Bertz CT molecular complexity index is 685. The fraction of sp³-hybridized carbons (Fsp3) is 0.267. The highest BCUT2D eigenvalue weighted by Gasteiger charge is 2.41. The van der Waals surface area contributed by atoms with Gasteiger partial charge in [0.15, 0.2) is 0 Å². The maximum Gasteiger partial charge on any atom is 0.331 e. The van der Waals surface area contributed by atoms with Crippen LogP contribution in [0.15, 0.2) is 23.8 Å². The molecule has 0 atom stereocenters. The van der Waals surface area contributed by atoms with Crippen LogP contribution in [0.1, 0.15) is 26.3 Å². The molecule has 2 rings (SSSR count). The Balaban J connectivity index is 2.54. The fourth-order valence-electron chi connectivity index (χ4n) is 2.06. The lowest BCUT2D eigenvalue weighted by molar-refractivity contribution is -0.133. The molecule has 22 heavy (non-hydrogen) atoms. The Morgan fingerprint density at radius 3 is 2.14 bits per heavy atom. The molecule has 0 bridgehead atoms. The van der Waals surface area contributed by atoms with Crippen molar-refractivity contribution in [2.45, 2.75) is 26.3 Å². The second kappa shape index (κ2) is 5.74. The zero-order valence-corrected chi connectivity index (χ0v) is 13.7. The van der Waals surface area contributed by atoms with Crippen LogP contribution in [0, 0.1) is 0 Å². The number of carbonyl (C=O) groups is 3. The van der Waals surface area contributed by atoms with Crippen molar-refractivity contribution in [2.75, 3.05) is 0 Å². The summed E-state index contributed by atoms with van der Waals surface area (Å²) in [5.41, 5.74) is -0.609. The summed E-state index contributed by atoms with van der Waals surface area (Å²) in [6.45, 7) is 5.08. The molecule has 0 unspecified atom stereocenters. The minimum Gasteiger partial charge on any atom is -0.273 e. The second-order valence-corrected chi connectivity index (χ2v) is 6.58. The number of benzene rings is 1. The molecule has 5 nitrogen and oxygen atoms in total. The highest BCUT2D eigenvalue weighted by Crippen LogP contribution is 2.29. The molecule has 1 aliphatic rings. The van der Waals surface area contributed by atoms with Gasteiger partial charge in [0.25, 0.3) is 11.8 Å². The number of amides is 4. The van der Waals surface area contributed by atoms with Crippen LogP contribution >= 0.6 is 23.2 Å². The molecular weight excluding hydrogens is 327 g/mol. The normalized spacial score (nSPS) is 18.0. The number of barbiturate groups is 1. The summed E-state index contributed by atoms with van der Waals surface area (Å²) in [7, 11) is 0. The molecule has 1 aliphatic heterocycles. The molecule has 0 aliphatic carbocycles. The Morgan fingerprint density at radius 2 is 1.64 bits per heavy atom. The van der Waals surface area contributed by atoms with Crippen molar-refractivity contribution in [1.29, 1.82) is 0 Å². The van der Waals surface area contributed by atoms with Gasteiger partial charge in [0.05, 0.1) is 0 Å². The van der Waals surface area contributed by atoms with Gasteiger partial charge < -0.3 is 0 Å². The van der Waals surface area contributed by atoms with Gasteiger partial charge in [-0.15, -0.1) is 0 Å². The van der Waals surface area contributed by atoms with Gasteiger partial charge in [-0.2, -0.15) is 0 Å². The monoisotopic (exact) mass is 340 g/mol. The Labute approximate surface area is 137 Å². The SMILES string of the molecule is CC(C)(C)N1C(=O)NC(=O)C(=Cc2c(Cl)cccc2Cl)C1=O. The van der Waals surface area contributed by atoms with Crippen LogP contribution < -0.4 is 5.32 Å². The lowest BCUT2D eigenvalue weighted by Crippen LogP contribution is -2.60. The van der Waals surface area contributed by atoms with Crippen LogP contribution in [-0.2, 0) is 9.59 Å². The zero-order valence-electron chi connectivity index (χ0n) is 12.2. The van der Waals surface area contributed by atoms with E-state index in [4.69, 9.17) is 23.2 Å². The Kier molecular flexibility index (Phi) is 4.31. The van der Waals surface area contributed by atoms with Crippen LogP contribution in [0.25, 0.3) is 6.08 Å². The first-order valence-electron chi connectivity index (χ1n) is 6.48. The van der Waals surface area contributed by atoms with E-state index in [-0.39, 0.29) is 5.57 Å². The molecule has 0 radical (unpaired) electrons. The molecule has 4 amide bonds. The minimum atomic E-state index is -0.773. The number of hydrogen-bond acceptors (Lipinski definition) is 3. The van der Waals surface area contributed by atoms with Crippen molar-refractivity contribution in [2.24, 2.45) is 0 Å². The third-order valence-electron chi connectivity index (χ3n) is 3.06. The second-order valence-electron chi connectivity index (χ2n) is 5.76. The van der Waals surface area contributed by atoms with Gasteiger partial charge in [-0.3, -0.25) is 19.8 Å². The molecule has 1 heterocycles. The first-order valence-corrected chi connectivity index (χ1v) is 7.24. The maximum atomic E-state index is 12.5. The third kappa shape index (κ3) is 3.00. The van der Waals surface area contributed by atoms with Crippen molar-refractivity contribution in [3.8, 4) is 0 Å². The van der Waals surface area contributed by atoms with Crippen molar-refractivity contribution < 1.29 is 14.4 Å². The standard InChI is InChI=1S/C15H14Cl2N2O3/c1-15(2,3)19-13(21)9(12(20)18-14(19)22)7-8-10(16)5-4-6-11(8)17/h4-7H,1-3H3,(H,18,20,22). The Morgan fingerprint density at radius 1 is 1.09 bits per heavy atom. The Hall–Kier alpha value is -1.85. The van der Waals surface area contributed by atoms with E-state index in [0.29, 0.717) is 15.6 Å². The van der Waals surface area contributed by atoms with Crippen molar-refractivity contribution in [3.63, 3.8) is 0 Å². The van der Waals surface area contributed by atoms with E-state index >= 15 is 0 Å². The molecule has 1 saturated heterocycles. The molecule has 116 valence electrons. The van der Waals surface area contributed by atoms with Crippen LogP contribution in [0.4, 0.5) is 4.79 Å². The highest BCUT2D eigenvalue weighted by molar-refractivity contribution is 6.38. The largest absolute Gasteiger partial charge is 0.331 e. The smallest absolute Gasteiger partial charge is 0.273 e. The number of carbonyl (C=O) groups excluding carboxylic acids is 3. The zero-order chi connectivity index (χ0) is 16.7. The van der Waals surface area contributed by atoms with Gasteiger partial charge in [0.2, 0.25) is 0 Å². The van der Waals surface area contributed by atoms with E-state index in [0.717, 1.165) is 4.90 Å². The van der Waals surface area contributed by atoms with Crippen LogP contribution in [0.3, 0.4) is 0 Å². The number of imide groups is 2. The lowest BCUT2D eigenvalue weighted by atomic mass is 10.0. The van der Waals surface area contributed by atoms with E-state index in [2.05, 4.69) is 5.32 Å². The fourth-order valence-corrected chi connectivity index (χ4v) is 2.57. The van der Waals surface area contributed by atoms with Gasteiger partial charge in [0, 0.05) is 21.1 Å². The molecule has 0 saturated carbocycles. The molecule has 0 spiro atoms. The average molecular weight is 341 g/mol. The third-order valence-corrected chi connectivity index (χ3v) is 3.72. The van der Waals surface area contributed by atoms with Crippen LogP contribution in [0.5, 0.6) is 0 Å². The predicted octanol–water partition coefficient (Wildman–Crippen LogP) is 3.25. The van der Waals surface area contributed by atoms with Gasteiger partial charge in [-0.05, 0) is 39.0 Å².